The van der Waals surface area contributed by atoms with Crippen LogP contribution < -0.4 is 4.90 Å². The quantitative estimate of drug-likeness (QED) is 0.863. The van der Waals surface area contributed by atoms with Crippen LogP contribution in [0.1, 0.15) is 12.1 Å². The molecule has 5 heteroatoms. The number of aromatic nitrogens is 2. The van der Waals surface area contributed by atoms with E-state index in [-0.39, 0.29) is 5.91 Å². The number of carbonyl (C=O) groups excluding carboxylic acids is 1. The zero-order valence-corrected chi connectivity index (χ0v) is 13.0. The van der Waals surface area contributed by atoms with E-state index in [1.807, 2.05) is 48.6 Å². The molecule has 2 aromatic rings. The number of rotatable bonds is 4. The molecule has 3 rings (SSSR count). The van der Waals surface area contributed by atoms with Crippen molar-refractivity contribution in [3.8, 4) is 0 Å². The molecule has 1 aliphatic rings. The molecule has 1 aliphatic heterocycles. The summed E-state index contributed by atoms with van der Waals surface area (Å²) < 4.78 is 2.08. The first-order valence-corrected chi connectivity index (χ1v) is 7.78. The van der Waals surface area contributed by atoms with Crippen LogP contribution in [-0.2, 0) is 18.3 Å². The van der Waals surface area contributed by atoms with Crippen LogP contribution in [0.5, 0.6) is 0 Å². The van der Waals surface area contributed by atoms with E-state index in [2.05, 4.69) is 20.5 Å². The van der Waals surface area contributed by atoms with Gasteiger partial charge in [-0.3, -0.25) is 4.79 Å². The van der Waals surface area contributed by atoms with Crippen LogP contribution in [0.3, 0.4) is 0 Å². The normalized spacial score (nSPS) is 15.1. The second kappa shape index (κ2) is 6.64. The van der Waals surface area contributed by atoms with Crippen molar-refractivity contribution < 1.29 is 4.79 Å². The Hall–Kier alpha value is -2.30. The van der Waals surface area contributed by atoms with Crippen LogP contribution in [0.25, 0.3) is 0 Å². The molecule has 0 aromatic carbocycles. The Bertz CT molecular complexity index is 615. The zero-order chi connectivity index (χ0) is 15.4. The number of hydrogen-bond acceptors (Lipinski definition) is 3. The predicted octanol–water partition coefficient (Wildman–Crippen LogP) is 1.70. The first kappa shape index (κ1) is 14.6. The zero-order valence-electron chi connectivity index (χ0n) is 13.0. The van der Waals surface area contributed by atoms with Gasteiger partial charge in [-0.15, -0.1) is 0 Å². The van der Waals surface area contributed by atoms with Crippen LogP contribution >= 0.6 is 0 Å². The van der Waals surface area contributed by atoms with E-state index in [1.54, 1.807) is 0 Å². The molecule has 0 atom stereocenters. The van der Waals surface area contributed by atoms with Gasteiger partial charge in [0.05, 0.1) is 0 Å². The van der Waals surface area contributed by atoms with Crippen LogP contribution in [0, 0.1) is 0 Å². The van der Waals surface area contributed by atoms with E-state index in [1.165, 1.54) is 5.69 Å². The van der Waals surface area contributed by atoms with Gasteiger partial charge in [-0.2, -0.15) is 0 Å². The molecule has 0 saturated carbocycles. The second-order valence-electron chi connectivity index (χ2n) is 5.67. The van der Waals surface area contributed by atoms with E-state index in [9.17, 15) is 4.79 Å². The van der Waals surface area contributed by atoms with Crippen molar-refractivity contribution in [1.82, 2.24) is 14.5 Å². The summed E-state index contributed by atoms with van der Waals surface area (Å²) in [4.78, 5) is 20.9. The Labute approximate surface area is 131 Å². The molecule has 0 spiro atoms. The molecule has 1 amide bonds. The Balaban J connectivity index is 1.49. The van der Waals surface area contributed by atoms with Gasteiger partial charge in [-0.1, -0.05) is 6.07 Å². The first-order chi connectivity index (χ1) is 10.7. The highest BCUT2D eigenvalue weighted by Crippen LogP contribution is 2.13. The highest BCUT2D eigenvalue weighted by atomic mass is 16.2. The van der Waals surface area contributed by atoms with Crippen molar-refractivity contribution >= 4 is 11.7 Å². The van der Waals surface area contributed by atoms with Gasteiger partial charge in [0.25, 0.3) is 0 Å². The van der Waals surface area contributed by atoms with Crippen LogP contribution in [0.15, 0.2) is 42.7 Å². The van der Waals surface area contributed by atoms with Gasteiger partial charge in [0.1, 0.15) is 5.82 Å². The van der Waals surface area contributed by atoms with Gasteiger partial charge in [0.15, 0.2) is 0 Å². The van der Waals surface area contributed by atoms with E-state index < -0.39 is 0 Å². The number of aryl methyl sites for hydroxylation is 2. The molecule has 0 bridgehead atoms. The van der Waals surface area contributed by atoms with Crippen molar-refractivity contribution in [3.63, 3.8) is 0 Å². The monoisotopic (exact) mass is 298 g/mol. The fourth-order valence-electron chi connectivity index (χ4n) is 2.88. The number of pyridine rings is 1. The van der Waals surface area contributed by atoms with Crippen LogP contribution in [0.4, 0.5) is 5.82 Å². The van der Waals surface area contributed by atoms with Gasteiger partial charge in [0, 0.05) is 57.7 Å². The lowest BCUT2D eigenvalue weighted by Gasteiger charge is -2.35. The van der Waals surface area contributed by atoms with Gasteiger partial charge in [-0.05, 0) is 30.7 Å². The molecule has 0 unspecified atom stereocenters. The average Bonchev–Trinajstić information content (AvgIpc) is 2.99. The predicted molar refractivity (Wildman–Crippen MR) is 86.8 cm³/mol. The summed E-state index contributed by atoms with van der Waals surface area (Å²) in [5.41, 5.74) is 1.21. The summed E-state index contributed by atoms with van der Waals surface area (Å²) in [5.74, 6) is 1.25. The molecular weight excluding hydrogens is 276 g/mol. The van der Waals surface area contributed by atoms with Crippen LogP contribution in [-0.4, -0.2) is 46.5 Å². The third-order valence-electron chi connectivity index (χ3n) is 4.25. The molecular formula is C17H22N4O. The molecule has 22 heavy (non-hydrogen) atoms. The topological polar surface area (TPSA) is 41.4 Å². The number of amides is 1. The molecule has 0 radical (unpaired) electrons. The Kier molecular flexibility index (Phi) is 4.42. The third-order valence-corrected chi connectivity index (χ3v) is 4.25. The summed E-state index contributed by atoms with van der Waals surface area (Å²) in [6.07, 6.45) is 5.22. The van der Waals surface area contributed by atoms with E-state index >= 15 is 0 Å². The van der Waals surface area contributed by atoms with Gasteiger partial charge in [0.2, 0.25) is 5.91 Å². The minimum absolute atomic E-state index is 0.252. The second-order valence-corrected chi connectivity index (χ2v) is 5.67. The molecule has 5 nitrogen and oxygen atoms in total. The smallest absolute Gasteiger partial charge is 0.223 e. The number of anilines is 1. The maximum Gasteiger partial charge on any atom is 0.223 e. The van der Waals surface area contributed by atoms with Gasteiger partial charge < -0.3 is 14.4 Å². The van der Waals surface area contributed by atoms with Crippen LogP contribution in [0.2, 0.25) is 0 Å². The van der Waals surface area contributed by atoms with Crippen molar-refractivity contribution in [1.29, 1.82) is 0 Å². The largest absolute Gasteiger partial charge is 0.354 e. The average molecular weight is 298 g/mol. The number of nitrogens with zero attached hydrogens (tertiary/aromatic N) is 4. The fourth-order valence-corrected chi connectivity index (χ4v) is 2.88. The Morgan fingerprint density at radius 1 is 1.14 bits per heavy atom. The lowest BCUT2D eigenvalue weighted by Crippen LogP contribution is -2.49. The minimum atomic E-state index is 0.252. The van der Waals surface area contributed by atoms with Gasteiger partial charge >= 0.3 is 0 Å². The summed E-state index contributed by atoms with van der Waals surface area (Å²) in [6, 6.07) is 10.0. The lowest BCUT2D eigenvalue weighted by atomic mass is 10.2. The van der Waals surface area contributed by atoms with Gasteiger partial charge in [-0.25, -0.2) is 4.98 Å². The van der Waals surface area contributed by atoms with Crippen molar-refractivity contribution in [2.45, 2.75) is 12.8 Å². The molecule has 0 N–H and O–H groups in total. The van der Waals surface area contributed by atoms with Crippen molar-refractivity contribution in [2.75, 3.05) is 31.1 Å². The summed E-state index contributed by atoms with van der Waals surface area (Å²) in [5, 5.41) is 0. The summed E-state index contributed by atoms with van der Waals surface area (Å²) in [7, 11) is 2.02. The maximum atomic E-state index is 12.3. The Morgan fingerprint density at radius 2 is 1.95 bits per heavy atom. The highest BCUT2D eigenvalue weighted by Gasteiger charge is 2.21. The third kappa shape index (κ3) is 3.30. The molecule has 0 aliphatic carbocycles. The molecule has 3 heterocycles. The summed E-state index contributed by atoms with van der Waals surface area (Å²) >= 11 is 0. The number of hydrogen-bond donors (Lipinski definition) is 0. The van der Waals surface area contributed by atoms with Crippen molar-refractivity contribution in [2.24, 2.45) is 7.05 Å². The maximum absolute atomic E-state index is 12.3. The van der Waals surface area contributed by atoms with E-state index in [4.69, 9.17) is 0 Å². The lowest BCUT2D eigenvalue weighted by molar-refractivity contribution is -0.131. The first-order valence-electron chi connectivity index (χ1n) is 7.78. The fraction of sp³-hybridized carbons (Fsp3) is 0.412. The molecule has 116 valence electrons. The molecule has 2 aromatic heterocycles. The highest BCUT2D eigenvalue weighted by molar-refractivity contribution is 5.76. The van der Waals surface area contributed by atoms with E-state index in [0.717, 1.165) is 38.4 Å². The molecule has 1 fully saturated rings. The SMILES string of the molecule is Cn1cccc1CCC(=O)N1CCN(c2ccccn2)CC1. The summed E-state index contributed by atoms with van der Waals surface area (Å²) in [6.45, 7) is 3.27. The van der Waals surface area contributed by atoms with Crippen molar-refractivity contribution in [3.05, 3.63) is 48.4 Å². The minimum Gasteiger partial charge on any atom is -0.354 e. The van der Waals surface area contributed by atoms with E-state index in [0.29, 0.717) is 6.42 Å². The standard InChI is InChI=1S/C17H22N4O/c1-19-10-4-5-15(19)7-8-17(22)21-13-11-20(12-14-21)16-6-2-3-9-18-16/h2-6,9-10H,7-8,11-14H2,1H3. The number of piperazine rings is 1. The Morgan fingerprint density at radius 3 is 2.59 bits per heavy atom. The molecule has 1 saturated heterocycles. The number of carbonyl (C=O) groups is 1.